The van der Waals surface area contributed by atoms with Gasteiger partial charge in [-0.05, 0) is 45.0 Å². The van der Waals surface area contributed by atoms with Crippen LogP contribution in [0.2, 0.25) is 0 Å². The second-order valence-corrected chi connectivity index (χ2v) is 8.68. The van der Waals surface area contributed by atoms with Crippen molar-refractivity contribution in [1.82, 2.24) is 19.9 Å². The molecule has 1 aliphatic heterocycles. The standard InChI is InChI=1S/C24H24N6O3/c1-24(2,3)33-23(31)30-14-20(15-30)29-19-8-17(10-26-13-19)18-11-27-22(28-12-18)32-21-6-4-5-16(7-21)9-25/h4-8,10-13,20,29H,14-15H2,1-3H3. The van der Waals surface area contributed by atoms with Crippen molar-refractivity contribution < 1.29 is 14.3 Å². The highest BCUT2D eigenvalue weighted by Crippen LogP contribution is 2.25. The Balaban J connectivity index is 1.35. The van der Waals surface area contributed by atoms with Gasteiger partial charge >= 0.3 is 12.1 Å². The molecule has 1 fully saturated rings. The Hall–Kier alpha value is -4.19. The highest BCUT2D eigenvalue weighted by Gasteiger charge is 2.33. The fraction of sp³-hybridized carbons (Fsp3) is 0.292. The molecule has 0 saturated carbocycles. The molecule has 9 nitrogen and oxygen atoms in total. The Morgan fingerprint density at radius 1 is 1.12 bits per heavy atom. The van der Waals surface area contributed by atoms with Crippen LogP contribution in [0, 0.1) is 11.3 Å². The Morgan fingerprint density at radius 2 is 1.88 bits per heavy atom. The van der Waals surface area contributed by atoms with Gasteiger partial charge in [-0.2, -0.15) is 5.26 Å². The van der Waals surface area contributed by atoms with Crippen LogP contribution >= 0.6 is 0 Å². The van der Waals surface area contributed by atoms with Gasteiger partial charge in [0, 0.05) is 49.0 Å². The van der Waals surface area contributed by atoms with Crippen molar-refractivity contribution in [2.24, 2.45) is 0 Å². The predicted octanol–water partition coefficient (Wildman–Crippen LogP) is 4.23. The van der Waals surface area contributed by atoms with Crippen molar-refractivity contribution in [1.29, 1.82) is 5.26 Å². The summed E-state index contributed by atoms with van der Waals surface area (Å²) in [7, 11) is 0. The molecule has 3 aromatic rings. The van der Waals surface area contributed by atoms with Gasteiger partial charge in [0.2, 0.25) is 0 Å². The number of rotatable bonds is 5. The second-order valence-electron chi connectivity index (χ2n) is 8.68. The summed E-state index contributed by atoms with van der Waals surface area (Å²) in [5, 5.41) is 12.4. The zero-order valence-electron chi connectivity index (χ0n) is 18.6. The van der Waals surface area contributed by atoms with Crippen molar-refractivity contribution in [2.75, 3.05) is 18.4 Å². The monoisotopic (exact) mass is 444 g/mol. The molecule has 1 aliphatic rings. The Morgan fingerprint density at radius 3 is 2.58 bits per heavy atom. The van der Waals surface area contributed by atoms with E-state index in [2.05, 4.69) is 26.3 Å². The summed E-state index contributed by atoms with van der Waals surface area (Å²) in [6.45, 7) is 6.70. The molecule has 0 radical (unpaired) electrons. The van der Waals surface area contributed by atoms with E-state index in [1.165, 1.54) is 0 Å². The zero-order chi connectivity index (χ0) is 23.4. The summed E-state index contributed by atoms with van der Waals surface area (Å²) in [5.41, 5.74) is 2.47. The van der Waals surface area contributed by atoms with E-state index in [0.29, 0.717) is 24.4 Å². The maximum absolute atomic E-state index is 12.1. The second kappa shape index (κ2) is 9.12. The molecule has 1 N–H and O–H groups in total. The van der Waals surface area contributed by atoms with E-state index in [1.54, 1.807) is 54.0 Å². The molecule has 0 aliphatic carbocycles. The van der Waals surface area contributed by atoms with Gasteiger partial charge < -0.3 is 19.7 Å². The number of amides is 1. The minimum Gasteiger partial charge on any atom is -0.444 e. The van der Waals surface area contributed by atoms with Gasteiger partial charge in [-0.25, -0.2) is 14.8 Å². The SMILES string of the molecule is CC(C)(C)OC(=O)N1CC(Nc2cncc(-c3cnc(Oc4cccc(C#N)c4)nc3)c2)C1. The number of nitrogens with zero attached hydrogens (tertiary/aromatic N) is 5. The van der Waals surface area contributed by atoms with Crippen LogP contribution in [0.3, 0.4) is 0 Å². The number of hydrogen-bond acceptors (Lipinski definition) is 8. The fourth-order valence-corrected chi connectivity index (χ4v) is 3.21. The van der Waals surface area contributed by atoms with E-state index in [4.69, 9.17) is 14.7 Å². The summed E-state index contributed by atoms with van der Waals surface area (Å²) in [4.78, 5) is 26.6. The summed E-state index contributed by atoms with van der Waals surface area (Å²) in [6.07, 6.45) is 6.48. The molecule has 33 heavy (non-hydrogen) atoms. The van der Waals surface area contributed by atoms with Crippen LogP contribution in [0.1, 0.15) is 26.3 Å². The molecule has 0 unspecified atom stereocenters. The lowest BCUT2D eigenvalue weighted by molar-refractivity contribution is 0.0105. The quantitative estimate of drug-likeness (QED) is 0.622. The normalized spacial score (nSPS) is 13.6. The van der Waals surface area contributed by atoms with Crippen LogP contribution in [0.5, 0.6) is 11.8 Å². The van der Waals surface area contributed by atoms with E-state index in [1.807, 2.05) is 26.8 Å². The van der Waals surface area contributed by atoms with E-state index in [0.717, 1.165) is 16.8 Å². The van der Waals surface area contributed by atoms with Gasteiger partial charge in [-0.15, -0.1) is 0 Å². The maximum Gasteiger partial charge on any atom is 0.410 e. The first-order chi connectivity index (χ1) is 15.8. The number of benzene rings is 1. The van der Waals surface area contributed by atoms with Crippen molar-refractivity contribution >= 4 is 11.8 Å². The molecule has 1 amide bonds. The number of likely N-dealkylation sites (tertiary alicyclic amines) is 1. The molecule has 4 rings (SSSR count). The number of carbonyl (C=O) groups excluding carboxylic acids is 1. The van der Waals surface area contributed by atoms with Crippen LogP contribution in [0.15, 0.2) is 55.1 Å². The molecular weight excluding hydrogens is 420 g/mol. The van der Waals surface area contributed by atoms with Gasteiger partial charge in [-0.3, -0.25) is 4.98 Å². The third-order valence-corrected chi connectivity index (χ3v) is 4.78. The average Bonchev–Trinajstić information content (AvgIpc) is 2.75. The lowest BCUT2D eigenvalue weighted by atomic mass is 10.1. The number of nitrogens with one attached hydrogen (secondary N) is 1. The van der Waals surface area contributed by atoms with Crippen LogP contribution in [-0.2, 0) is 4.74 Å². The summed E-state index contributed by atoms with van der Waals surface area (Å²) in [5.74, 6) is 0.496. The maximum atomic E-state index is 12.1. The molecular formula is C24H24N6O3. The van der Waals surface area contributed by atoms with Gasteiger partial charge in [0.15, 0.2) is 0 Å². The topological polar surface area (TPSA) is 113 Å². The van der Waals surface area contributed by atoms with Crippen LogP contribution in [0.25, 0.3) is 11.1 Å². The largest absolute Gasteiger partial charge is 0.444 e. The number of hydrogen-bond donors (Lipinski definition) is 1. The van der Waals surface area contributed by atoms with Crippen molar-refractivity contribution in [3.05, 3.63) is 60.7 Å². The Labute approximate surface area is 192 Å². The number of carbonyl (C=O) groups is 1. The number of anilines is 1. The first-order valence-corrected chi connectivity index (χ1v) is 10.5. The lowest BCUT2D eigenvalue weighted by Gasteiger charge is -2.40. The molecule has 0 bridgehead atoms. The fourth-order valence-electron chi connectivity index (χ4n) is 3.21. The molecule has 1 aromatic carbocycles. The minimum absolute atomic E-state index is 0.130. The number of nitriles is 1. The summed E-state index contributed by atoms with van der Waals surface area (Å²) >= 11 is 0. The number of pyridine rings is 1. The van der Waals surface area contributed by atoms with Crippen LogP contribution in [-0.4, -0.2) is 50.7 Å². The molecule has 0 spiro atoms. The lowest BCUT2D eigenvalue weighted by Crippen LogP contribution is -2.57. The van der Waals surface area contributed by atoms with E-state index < -0.39 is 5.60 Å². The van der Waals surface area contributed by atoms with Crippen molar-refractivity contribution in [2.45, 2.75) is 32.4 Å². The highest BCUT2D eigenvalue weighted by atomic mass is 16.6. The van der Waals surface area contributed by atoms with Gasteiger partial charge in [0.25, 0.3) is 0 Å². The van der Waals surface area contributed by atoms with Gasteiger partial charge in [0.1, 0.15) is 11.4 Å². The Bertz CT molecular complexity index is 1180. The molecule has 168 valence electrons. The van der Waals surface area contributed by atoms with Crippen LogP contribution < -0.4 is 10.1 Å². The third kappa shape index (κ3) is 5.74. The van der Waals surface area contributed by atoms with E-state index in [-0.39, 0.29) is 18.1 Å². The summed E-state index contributed by atoms with van der Waals surface area (Å²) in [6, 6.07) is 11.1. The number of aromatic nitrogens is 3. The average molecular weight is 444 g/mol. The molecule has 3 heterocycles. The molecule has 2 aromatic heterocycles. The van der Waals surface area contributed by atoms with Gasteiger partial charge in [0.05, 0.1) is 23.4 Å². The Kier molecular flexibility index (Phi) is 6.09. The smallest absolute Gasteiger partial charge is 0.410 e. The summed E-state index contributed by atoms with van der Waals surface area (Å²) < 4.78 is 11.0. The van der Waals surface area contributed by atoms with E-state index >= 15 is 0 Å². The highest BCUT2D eigenvalue weighted by molar-refractivity contribution is 5.70. The molecule has 0 atom stereocenters. The van der Waals surface area contributed by atoms with Crippen LogP contribution in [0.4, 0.5) is 10.5 Å². The minimum atomic E-state index is -0.503. The number of ether oxygens (including phenoxy) is 2. The van der Waals surface area contributed by atoms with Crippen molar-refractivity contribution in [3.63, 3.8) is 0 Å². The first kappa shape index (κ1) is 22.0. The molecule has 9 heteroatoms. The zero-order valence-corrected chi connectivity index (χ0v) is 18.6. The predicted molar refractivity (Wildman–Crippen MR) is 122 cm³/mol. The van der Waals surface area contributed by atoms with Crippen molar-refractivity contribution in [3.8, 4) is 29.0 Å². The third-order valence-electron chi connectivity index (χ3n) is 4.78. The first-order valence-electron chi connectivity index (χ1n) is 10.5. The van der Waals surface area contributed by atoms with E-state index in [9.17, 15) is 4.79 Å². The molecule has 1 saturated heterocycles. The van der Waals surface area contributed by atoms with Gasteiger partial charge in [-0.1, -0.05) is 6.07 Å².